The summed E-state index contributed by atoms with van der Waals surface area (Å²) in [5.41, 5.74) is 8.93. The minimum Gasteiger partial charge on any atom is -0.451 e. The second-order valence-corrected chi connectivity index (χ2v) is 4.43. The molecule has 0 bridgehead atoms. The van der Waals surface area contributed by atoms with E-state index in [0.29, 0.717) is 0 Å². The molecule has 0 unspecified atom stereocenters. The maximum Gasteiger partial charge on any atom is 0.180 e. The molecule has 1 aliphatic carbocycles. The Kier molecular flexibility index (Phi) is 1.99. The quantitative estimate of drug-likeness (QED) is 0.782. The molecule has 3 heteroatoms. The van der Waals surface area contributed by atoms with Crippen molar-refractivity contribution in [3.8, 4) is 0 Å². The van der Waals surface area contributed by atoms with Crippen molar-refractivity contribution in [2.24, 2.45) is 0 Å². The Bertz CT molecular complexity index is 469. The number of anilines is 1. The SMILES string of the molecule is Nc1ccc(C2(c3cocn3)CCC2)cc1. The molecule has 16 heavy (non-hydrogen) atoms. The van der Waals surface area contributed by atoms with Crippen molar-refractivity contribution in [2.75, 3.05) is 5.73 Å². The molecule has 1 saturated carbocycles. The van der Waals surface area contributed by atoms with Gasteiger partial charge in [-0.1, -0.05) is 18.6 Å². The molecule has 2 aromatic rings. The molecule has 0 saturated heterocycles. The maximum absolute atomic E-state index is 5.71. The fourth-order valence-corrected chi connectivity index (χ4v) is 2.47. The summed E-state index contributed by atoms with van der Waals surface area (Å²) in [6, 6.07) is 8.11. The molecule has 1 aliphatic rings. The molecule has 3 nitrogen and oxygen atoms in total. The van der Waals surface area contributed by atoms with Gasteiger partial charge in [-0.2, -0.15) is 0 Å². The number of nitrogens with two attached hydrogens (primary N) is 1. The fourth-order valence-electron chi connectivity index (χ4n) is 2.47. The van der Waals surface area contributed by atoms with Crippen LogP contribution in [0.25, 0.3) is 0 Å². The van der Waals surface area contributed by atoms with Gasteiger partial charge in [-0.05, 0) is 30.5 Å². The Labute approximate surface area is 94.3 Å². The minimum absolute atomic E-state index is 0.0701. The second-order valence-electron chi connectivity index (χ2n) is 4.43. The number of aromatic nitrogens is 1. The minimum atomic E-state index is 0.0701. The molecule has 3 rings (SSSR count). The van der Waals surface area contributed by atoms with E-state index in [0.717, 1.165) is 24.2 Å². The summed E-state index contributed by atoms with van der Waals surface area (Å²) in [7, 11) is 0. The van der Waals surface area contributed by atoms with Crippen LogP contribution >= 0.6 is 0 Å². The highest BCUT2D eigenvalue weighted by Crippen LogP contribution is 2.48. The first-order valence-electron chi connectivity index (χ1n) is 5.56. The predicted octanol–water partition coefficient (Wildman–Crippen LogP) is 2.73. The van der Waals surface area contributed by atoms with Crippen LogP contribution in [0.3, 0.4) is 0 Å². The normalized spacial score (nSPS) is 18.0. The second kappa shape index (κ2) is 3.37. The Morgan fingerprint density at radius 2 is 1.94 bits per heavy atom. The van der Waals surface area contributed by atoms with Crippen LogP contribution in [0.5, 0.6) is 0 Å². The monoisotopic (exact) mass is 214 g/mol. The van der Waals surface area contributed by atoms with Crippen molar-refractivity contribution in [2.45, 2.75) is 24.7 Å². The van der Waals surface area contributed by atoms with Gasteiger partial charge in [-0.3, -0.25) is 0 Å². The predicted molar refractivity (Wildman–Crippen MR) is 62.0 cm³/mol. The molecule has 0 amide bonds. The smallest absolute Gasteiger partial charge is 0.180 e. The third kappa shape index (κ3) is 1.24. The van der Waals surface area contributed by atoms with Crippen LogP contribution in [-0.4, -0.2) is 4.98 Å². The largest absolute Gasteiger partial charge is 0.451 e. The van der Waals surface area contributed by atoms with Crippen LogP contribution in [0.2, 0.25) is 0 Å². The lowest BCUT2D eigenvalue weighted by atomic mass is 9.63. The van der Waals surface area contributed by atoms with E-state index in [9.17, 15) is 0 Å². The summed E-state index contributed by atoms with van der Waals surface area (Å²) < 4.78 is 5.11. The first-order chi connectivity index (χ1) is 7.81. The molecule has 0 spiro atoms. The number of rotatable bonds is 2. The highest BCUT2D eigenvalue weighted by Gasteiger charge is 2.42. The zero-order chi connectivity index (χ0) is 11.0. The molecular weight excluding hydrogens is 200 g/mol. The average Bonchev–Trinajstić information content (AvgIpc) is 2.73. The van der Waals surface area contributed by atoms with Crippen molar-refractivity contribution in [3.63, 3.8) is 0 Å². The molecule has 2 N–H and O–H groups in total. The Morgan fingerprint density at radius 3 is 2.44 bits per heavy atom. The standard InChI is InChI=1S/C13H14N2O/c14-11-4-2-10(3-5-11)13(6-1-7-13)12-8-16-9-15-12/h2-5,8-9H,1,6-7,14H2. The van der Waals surface area contributed by atoms with Crippen LogP contribution in [0.15, 0.2) is 41.3 Å². The molecule has 1 aromatic carbocycles. The lowest BCUT2D eigenvalue weighted by Gasteiger charge is -2.40. The van der Waals surface area contributed by atoms with Crippen LogP contribution in [-0.2, 0) is 5.41 Å². The van der Waals surface area contributed by atoms with Gasteiger partial charge in [0.1, 0.15) is 6.26 Å². The summed E-state index contributed by atoms with van der Waals surface area (Å²) in [4.78, 5) is 4.31. The van der Waals surface area contributed by atoms with E-state index in [2.05, 4.69) is 17.1 Å². The molecule has 0 aliphatic heterocycles. The van der Waals surface area contributed by atoms with Gasteiger partial charge in [-0.15, -0.1) is 0 Å². The zero-order valence-electron chi connectivity index (χ0n) is 9.02. The van der Waals surface area contributed by atoms with E-state index in [1.54, 1.807) is 6.26 Å². The van der Waals surface area contributed by atoms with Gasteiger partial charge < -0.3 is 10.2 Å². The molecule has 1 fully saturated rings. The van der Waals surface area contributed by atoms with Crippen LogP contribution < -0.4 is 5.73 Å². The highest BCUT2D eigenvalue weighted by molar-refractivity contribution is 5.45. The number of benzene rings is 1. The van der Waals surface area contributed by atoms with E-state index < -0.39 is 0 Å². The van der Waals surface area contributed by atoms with Crippen LogP contribution in [0, 0.1) is 0 Å². The molecule has 82 valence electrons. The van der Waals surface area contributed by atoms with Crippen molar-refractivity contribution in [1.82, 2.24) is 4.98 Å². The van der Waals surface area contributed by atoms with Gasteiger partial charge >= 0.3 is 0 Å². The van der Waals surface area contributed by atoms with Crippen molar-refractivity contribution >= 4 is 5.69 Å². The Hall–Kier alpha value is -1.77. The number of nitrogens with zero attached hydrogens (tertiary/aromatic N) is 1. The van der Waals surface area contributed by atoms with Crippen molar-refractivity contribution in [3.05, 3.63) is 48.2 Å². The van der Waals surface area contributed by atoms with Crippen molar-refractivity contribution in [1.29, 1.82) is 0 Å². The van der Waals surface area contributed by atoms with Gasteiger partial charge in [0.15, 0.2) is 6.39 Å². The van der Waals surface area contributed by atoms with Gasteiger partial charge in [-0.25, -0.2) is 4.98 Å². The summed E-state index contributed by atoms with van der Waals surface area (Å²) >= 11 is 0. The van der Waals surface area contributed by atoms with E-state index in [-0.39, 0.29) is 5.41 Å². The average molecular weight is 214 g/mol. The summed E-state index contributed by atoms with van der Waals surface area (Å²) in [5.74, 6) is 0. The maximum atomic E-state index is 5.71. The summed E-state index contributed by atoms with van der Waals surface area (Å²) in [6.45, 7) is 0. The van der Waals surface area contributed by atoms with Crippen LogP contribution in [0.1, 0.15) is 30.5 Å². The highest BCUT2D eigenvalue weighted by atomic mass is 16.3. The summed E-state index contributed by atoms with van der Waals surface area (Å²) in [5, 5.41) is 0. The Morgan fingerprint density at radius 1 is 1.19 bits per heavy atom. The molecular formula is C13H14N2O. The van der Waals surface area contributed by atoms with Gasteiger partial charge in [0, 0.05) is 11.1 Å². The topological polar surface area (TPSA) is 52.0 Å². The number of nitrogen functional groups attached to an aromatic ring is 1. The van der Waals surface area contributed by atoms with E-state index in [1.165, 1.54) is 18.4 Å². The van der Waals surface area contributed by atoms with E-state index in [4.69, 9.17) is 10.2 Å². The first kappa shape index (κ1) is 9.46. The zero-order valence-corrected chi connectivity index (χ0v) is 9.02. The van der Waals surface area contributed by atoms with Crippen molar-refractivity contribution < 1.29 is 4.42 Å². The molecule has 0 atom stereocenters. The fraction of sp³-hybridized carbons (Fsp3) is 0.308. The third-order valence-electron chi connectivity index (χ3n) is 3.59. The third-order valence-corrected chi connectivity index (χ3v) is 3.59. The van der Waals surface area contributed by atoms with Crippen LogP contribution in [0.4, 0.5) is 5.69 Å². The lowest BCUT2D eigenvalue weighted by molar-refractivity contribution is 0.293. The molecule has 1 heterocycles. The van der Waals surface area contributed by atoms with E-state index in [1.807, 2.05) is 12.1 Å². The number of hydrogen-bond donors (Lipinski definition) is 1. The molecule has 1 aromatic heterocycles. The Balaban J connectivity index is 2.05. The van der Waals surface area contributed by atoms with Gasteiger partial charge in [0.2, 0.25) is 0 Å². The summed E-state index contributed by atoms with van der Waals surface area (Å²) in [6.07, 6.45) is 6.80. The lowest BCUT2D eigenvalue weighted by Crippen LogP contribution is -2.35. The van der Waals surface area contributed by atoms with E-state index >= 15 is 0 Å². The number of oxazole rings is 1. The first-order valence-corrected chi connectivity index (χ1v) is 5.56. The van der Waals surface area contributed by atoms with Gasteiger partial charge in [0.25, 0.3) is 0 Å². The molecule has 0 radical (unpaired) electrons. The van der Waals surface area contributed by atoms with Gasteiger partial charge in [0.05, 0.1) is 5.69 Å². The number of hydrogen-bond acceptors (Lipinski definition) is 3.